The van der Waals surface area contributed by atoms with Gasteiger partial charge >= 0.3 is 0 Å². The van der Waals surface area contributed by atoms with Crippen LogP contribution in [0.3, 0.4) is 0 Å². The third-order valence-corrected chi connectivity index (χ3v) is 3.96. The predicted octanol–water partition coefficient (Wildman–Crippen LogP) is 2.77. The highest BCUT2D eigenvalue weighted by Crippen LogP contribution is 2.38. The number of carbonyl (C=O) groups excluding carboxylic acids is 1. The predicted molar refractivity (Wildman–Crippen MR) is 69.4 cm³/mol. The molecule has 1 heterocycles. The molecule has 1 saturated heterocycles. The van der Waals surface area contributed by atoms with Crippen molar-refractivity contribution < 1.29 is 9.53 Å². The second-order valence-electron chi connectivity index (χ2n) is 5.24. The van der Waals surface area contributed by atoms with Crippen LogP contribution in [-0.4, -0.2) is 24.5 Å². The minimum atomic E-state index is 0.281. The van der Waals surface area contributed by atoms with Gasteiger partial charge in [-0.3, -0.25) is 4.79 Å². The van der Waals surface area contributed by atoms with E-state index in [1.165, 1.54) is 5.56 Å². The first-order valence-electron chi connectivity index (χ1n) is 6.74. The Hall–Kier alpha value is -1.51. The Morgan fingerprint density at radius 2 is 1.94 bits per heavy atom. The maximum Gasteiger partial charge on any atom is 0.226 e. The smallest absolute Gasteiger partial charge is 0.226 e. The highest BCUT2D eigenvalue weighted by atomic mass is 16.5. The van der Waals surface area contributed by atoms with E-state index in [1.807, 2.05) is 12.1 Å². The molecule has 1 aromatic rings. The Morgan fingerprint density at radius 3 is 2.56 bits per heavy atom. The van der Waals surface area contributed by atoms with E-state index in [0.717, 1.165) is 38.0 Å². The summed E-state index contributed by atoms with van der Waals surface area (Å²) in [5.41, 5.74) is 1.24. The number of hydrogen-bond donors (Lipinski definition) is 0. The topological polar surface area (TPSA) is 29.5 Å². The lowest BCUT2D eigenvalue weighted by Gasteiger charge is -2.25. The lowest BCUT2D eigenvalue weighted by atomic mass is 10.0. The standard InChI is InChI=1S/C15H19NO2/c1-18-13-8-6-11(7-9-13)14-3-2-10-16(14)15(17)12-4-5-12/h6-9,12,14H,2-5,10H2,1H3. The molecule has 1 aliphatic heterocycles. The Labute approximate surface area is 108 Å². The van der Waals surface area contributed by atoms with Gasteiger partial charge in [-0.2, -0.15) is 0 Å². The second-order valence-corrected chi connectivity index (χ2v) is 5.24. The van der Waals surface area contributed by atoms with Gasteiger partial charge < -0.3 is 9.64 Å². The van der Waals surface area contributed by atoms with Crippen LogP contribution in [0.15, 0.2) is 24.3 Å². The first kappa shape index (κ1) is 11.6. The SMILES string of the molecule is COc1ccc(C2CCCN2C(=O)C2CC2)cc1. The summed E-state index contributed by atoms with van der Waals surface area (Å²) in [4.78, 5) is 14.3. The summed E-state index contributed by atoms with van der Waals surface area (Å²) in [5.74, 6) is 1.56. The van der Waals surface area contributed by atoms with E-state index >= 15 is 0 Å². The molecule has 3 heteroatoms. The normalized spacial score (nSPS) is 23.2. The van der Waals surface area contributed by atoms with Gasteiger partial charge in [0.05, 0.1) is 13.2 Å². The third kappa shape index (κ3) is 2.09. The van der Waals surface area contributed by atoms with Crippen molar-refractivity contribution in [2.45, 2.75) is 31.7 Å². The number of likely N-dealkylation sites (tertiary alicyclic amines) is 1. The summed E-state index contributed by atoms with van der Waals surface area (Å²) in [6, 6.07) is 8.41. The van der Waals surface area contributed by atoms with Crippen molar-refractivity contribution >= 4 is 5.91 Å². The summed E-state index contributed by atoms with van der Waals surface area (Å²) in [7, 11) is 1.67. The molecular formula is C15H19NO2. The van der Waals surface area contributed by atoms with Gasteiger partial charge in [-0.25, -0.2) is 0 Å². The molecule has 2 fully saturated rings. The van der Waals surface area contributed by atoms with Crippen molar-refractivity contribution in [2.24, 2.45) is 5.92 Å². The Kier molecular flexibility index (Phi) is 2.98. The number of nitrogens with zero attached hydrogens (tertiary/aromatic N) is 1. The van der Waals surface area contributed by atoms with Gasteiger partial charge in [-0.05, 0) is 43.4 Å². The minimum absolute atomic E-state index is 0.281. The van der Waals surface area contributed by atoms with Crippen molar-refractivity contribution in [3.05, 3.63) is 29.8 Å². The zero-order chi connectivity index (χ0) is 12.5. The van der Waals surface area contributed by atoms with E-state index in [-0.39, 0.29) is 6.04 Å². The van der Waals surface area contributed by atoms with E-state index in [2.05, 4.69) is 17.0 Å². The van der Waals surface area contributed by atoms with Crippen molar-refractivity contribution in [1.29, 1.82) is 0 Å². The zero-order valence-electron chi connectivity index (χ0n) is 10.8. The molecule has 1 atom stereocenters. The van der Waals surface area contributed by atoms with Crippen LogP contribution >= 0.6 is 0 Å². The number of ether oxygens (including phenoxy) is 1. The summed E-state index contributed by atoms with van der Waals surface area (Å²) in [6.45, 7) is 0.923. The summed E-state index contributed by atoms with van der Waals surface area (Å²) >= 11 is 0. The molecule has 0 spiro atoms. The molecule has 0 aromatic heterocycles. The summed E-state index contributed by atoms with van der Waals surface area (Å²) in [5, 5.41) is 0. The van der Waals surface area contributed by atoms with Crippen molar-refractivity contribution in [1.82, 2.24) is 4.90 Å². The number of hydrogen-bond acceptors (Lipinski definition) is 2. The molecule has 2 aliphatic rings. The van der Waals surface area contributed by atoms with Gasteiger partial charge in [0.1, 0.15) is 5.75 Å². The number of benzene rings is 1. The number of methoxy groups -OCH3 is 1. The maximum absolute atomic E-state index is 12.2. The molecule has 3 rings (SSSR count). The molecule has 0 bridgehead atoms. The van der Waals surface area contributed by atoms with Gasteiger partial charge in [-0.1, -0.05) is 12.1 Å². The quantitative estimate of drug-likeness (QED) is 0.819. The van der Waals surface area contributed by atoms with Gasteiger partial charge in [0.15, 0.2) is 0 Å². The molecule has 1 amide bonds. The zero-order valence-corrected chi connectivity index (χ0v) is 10.8. The Balaban J connectivity index is 1.78. The molecule has 1 aromatic carbocycles. The minimum Gasteiger partial charge on any atom is -0.497 e. The van der Waals surface area contributed by atoms with Crippen LogP contribution in [0, 0.1) is 5.92 Å². The van der Waals surface area contributed by atoms with Gasteiger partial charge in [0, 0.05) is 12.5 Å². The molecule has 3 nitrogen and oxygen atoms in total. The van der Waals surface area contributed by atoms with E-state index in [4.69, 9.17) is 4.74 Å². The lowest BCUT2D eigenvalue weighted by molar-refractivity contribution is -0.133. The van der Waals surface area contributed by atoms with Crippen LogP contribution in [-0.2, 0) is 4.79 Å². The largest absolute Gasteiger partial charge is 0.497 e. The molecular weight excluding hydrogens is 226 g/mol. The van der Waals surface area contributed by atoms with Crippen LogP contribution in [0.2, 0.25) is 0 Å². The second kappa shape index (κ2) is 4.63. The van der Waals surface area contributed by atoms with E-state index < -0.39 is 0 Å². The van der Waals surface area contributed by atoms with Crippen molar-refractivity contribution in [3.8, 4) is 5.75 Å². The number of carbonyl (C=O) groups is 1. The van der Waals surface area contributed by atoms with Crippen molar-refractivity contribution in [3.63, 3.8) is 0 Å². The first-order chi connectivity index (χ1) is 8.79. The monoisotopic (exact) mass is 245 g/mol. The van der Waals surface area contributed by atoms with Crippen LogP contribution < -0.4 is 4.74 Å². The molecule has 96 valence electrons. The van der Waals surface area contributed by atoms with Crippen LogP contribution in [0.5, 0.6) is 5.75 Å². The summed E-state index contributed by atoms with van der Waals surface area (Å²) in [6.07, 6.45) is 4.38. The van der Waals surface area contributed by atoms with Crippen LogP contribution in [0.1, 0.15) is 37.3 Å². The van der Waals surface area contributed by atoms with E-state index in [9.17, 15) is 4.79 Å². The molecule has 0 radical (unpaired) electrons. The molecule has 18 heavy (non-hydrogen) atoms. The maximum atomic E-state index is 12.2. The van der Waals surface area contributed by atoms with Crippen molar-refractivity contribution in [2.75, 3.05) is 13.7 Å². The highest BCUT2D eigenvalue weighted by molar-refractivity contribution is 5.81. The average Bonchev–Trinajstić information content (AvgIpc) is 3.15. The van der Waals surface area contributed by atoms with E-state index in [1.54, 1.807) is 7.11 Å². The number of amides is 1. The lowest BCUT2D eigenvalue weighted by Crippen LogP contribution is -2.31. The molecule has 1 unspecified atom stereocenters. The van der Waals surface area contributed by atoms with Gasteiger partial charge in [-0.15, -0.1) is 0 Å². The Bertz CT molecular complexity index is 436. The Morgan fingerprint density at radius 1 is 1.22 bits per heavy atom. The third-order valence-electron chi connectivity index (χ3n) is 3.96. The van der Waals surface area contributed by atoms with Crippen LogP contribution in [0.4, 0.5) is 0 Å². The fraction of sp³-hybridized carbons (Fsp3) is 0.533. The first-order valence-corrected chi connectivity index (χ1v) is 6.74. The average molecular weight is 245 g/mol. The molecule has 0 N–H and O–H groups in total. The molecule has 1 saturated carbocycles. The fourth-order valence-corrected chi connectivity index (χ4v) is 2.77. The number of rotatable bonds is 3. The van der Waals surface area contributed by atoms with Crippen LogP contribution in [0.25, 0.3) is 0 Å². The van der Waals surface area contributed by atoms with Gasteiger partial charge in [0.2, 0.25) is 5.91 Å². The highest BCUT2D eigenvalue weighted by Gasteiger charge is 2.38. The van der Waals surface area contributed by atoms with E-state index in [0.29, 0.717) is 11.8 Å². The summed E-state index contributed by atoms with van der Waals surface area (Å²) < 4.78 is 5.17. The molecule has 1 aliphatic carbocycles. The van der Waals surface area contributed by atoms with Gasteiger partial charge in [0.25, 0.3) is 0 Å². The fourth-order valence-electron chi connectivity index (χ4n) is 2.77.